The summed E-state index contributed by atoms with van der Waals surface area (Å²) < 4.78 is 31.8. The first-order chi connectivity index (χ1) is 7.51. The van der Waals surface area contributed by atoms with Crippen LogP contribution in [0, 0.1) is 0 Å². The molecule has 0 atom stereocenters. The van der Waals surface area contributed by atoms with E-state index in [4.69, 9.17) is 4.74 Å². The minimum atomic E-state index is -3.56. The Balaban J connectivity index is 3.19. The van der Waals surface area contributed by atoms with E-state index in [9.17, 15) is 8.42 Å². The van der Waals surface area contributed by atoms with E-state index in [2.05, 4.69) is 27.2 Å². The summed E-state index contributed by atoms with van der Waals surface area (Å²) >= 11 is 3.22. The highest BCUT2D eigenvalue weighted by Gasteiger charge is 2.18. The van der Waals surface area contributed by atoms with Gasteiger partial charge in [0.2, 0.25) is 10.0 Å². The van der Waals surface area contributed by atoms with Gasteiger partial charge in [-0.3, -0.25) is 0 Å². The van der Waals surface area contributed by atoms with Crippen LogP contribution in [0.15, 0.2) is 40.2 Å². The third-order valence-corrected chi connectivity index (χ3v) is 3.77. The van der Waals surface area contributed by atoms with E-state index in [1.165, 1.54) is 19.3 Å². The second kappa shape index (κ2) is 5.47. The van der Waals surface area contributed by atoms with Crippen LogP contribution in [0.4, 0.5) is 0 Å². The zero-order valence-electron chi connectivity index (χ0n) is 8.73. The molecule has 1 aromatic carbocycles. The minimum absolute atomic E-state index is 0.103. The van der Waals surface area contributed by atoms with Crippen molar-refractivity contribution in [2.75, 3.05) is 13.7 Å². The molecule has 0 spiro atoms. The van der Waals surface area contributed by atoms with Gasteiger partial charge in [-0.15, -0.1) is 6.58 Å². The molecule has 0 bridgehead atoms. The summed E-state index contributed by atoms with van der Waals surface area (Å²) in [5.41, 5.74) is 0. The van der Waals surface area contributed by atoms with E-state index in [1.807, 2.05) is 0 Å². The van der Waals surface area contributed by atoms with Crippen LogP contribution < -0.4 is 9.46 Å². The molecule has 1 N–H and O–H groups in total. The average Bonchev–Trinajstić information content (AvgIpc) is 2.26. The molecule has 16 heavy (non-hydrogen) atoms. The highest BCUT2D eigenvalue weighted by Crippen LogP contribution is 2.26. The Morgan fingerprint density at radius 2 is 2.25 bits per heavy atom. The Hall–Kier alpha value is -0.850. The second-order valence-electron chi connectivity index (χ2n) is 2.94. The molecule has 0 amide bonds. The van der Waals surface area contributed by atoms with Gasteiger partial charge in [-0.1, -0.05) is 22.0 Å². The first kappa shape index (κ1) is 13.2. The van der Waals surface area contributed by atoms with Crippen molar-refractivity contribution in [3.63, 3.8) is 0 Å². The summed E-state index contributed by atoms with van der Waals surface area (Å²) in [7, 11) is -2.14. The van der Waals surface area contributed by atoms with Gasteiger partial charge in [-0.2, -0.15) is 0 Å². The first-order valence-corrected chi connectivity index (χ1v) is 6.73. The van der Waals surface area contributed by atoms with Gasteiger partial charge in [0, 0.05) is 11.0 Å². The summed E-state index contributed by atoms with van der Waals surface area (Å²) in [4.78, 5) is 0.103. The summed E-state index contributed by atoms with van der Waals surface area (Å²) in [6, 6.07) is 4.79. The Labute approximate surface area is 103 Å². The van der Waals surface area contributed by atoms with Gasteiger partial charge < -0.3 is 4.74 Å². The summed E-state index contributed by atoms with van der Waals surface area (Å²) in [6.07, 6.45) is 1.47. The molecule has 1 rings (SSSR count). The molecule has 0 fully saturated rings. The van der Waals surface area contributed by atoms with Crippen LogP contribution in [0.5, 0.6) is 5.75 Å². The van der Waals surface area contributed by atoms with Crippen molar-refractivity contribution in [3.05, 3.63) is 35.3 Å². The van der Waals surface area contributed by atoms with Gasteiger partial charge in [0.25, 0.3) is 0 Å². The normalized spacial score (nSPS) is 11.1. The van der Waals surface area contributed by atoms with E-state index in [-0.39, 0.29) is 11.4 Å². The maximum atomic E-state index is 11.9. The monoisotopic (exact) mass is 305 g/mol. The minimum Gasteiger partial charge on any atom is -0.495 e. The van der Waals surface area contributed by atoms with Crippen LogP contribution >= 0.6 is 15.9 Å². The SMILES string of the molecule is C=CCNS(=O)(=O)c1cc(Br)ccc1OC. The van der Waals surface area contributed by atoms with Crippen LogP contribution in [0.1, 0.15) is 0 Å². The molecule has 4 nitrogen and oxygen atoms in total. The highest BCUT2D eigenvalue weighted by molar-refractivity contribution is 9.10. The van der Waals surface area contributed by atoms with Gasteiger partial charge >= 0.3 is 0 Å². The van der Waals surface area contributed by atoms with E-state index < -0.39 is 10.0 Å². The molecular weight excluding hydrogens is 294 g/mol. The van der Waals surface area contributed by atoms with Crippen LogP contribution in [-0.4, -0.2) is 22.1 Å². The van der Waals surface area contributed by atoms with Crippen molar-refractivity contribution in [2.45, 2.75) is 4.90 Å². The highest BCUT2D eigenvalue weighted by atomic mass is 79.9. The quantitative estimate of drug-likeness (QED) is 0.846. The van der Waals surface area contributed by atoms with E-state index in [0.29, 0.717) is 10.2 Å². The second-order valence-corrected chi connectivity index (χ2v) is 5.59. The number of sulfonamides is 1. The Bertz CT molecular complexity index is 485. The molecule has 1 aromatic rings. The first-order valence-electron chi connectivity index (χ1n) is 4.45. The van der Waals surface area contributed by atoms with Gasteiger partial charge in [0.1, 0.15) is 10.6 Å². The number of hydrogen-bond donors (Lipinski definition) is 1. The third-order valence-electron chi connectivity index (χ3n) is 1.83. The molecule has 0 saturated heterocycles. The van der Waals surface area contributed by atoms with Crippen molar-refractivity contribution >= 4 is 26.0 Å². The lowest BCUT2D eigenvalue weighted by molar-refractivity contribution is 0.402. The largest absolute Gasteiger partial charge is 0.495 e. The summed E-state index contributed by atoms with van der Waals surface area (Å²) in [6.45, 7) is 3.63. The fraction of sp³-hybridized carbons (Fsp3) is 0.200. The van der Waals surface area contributed by atoms with E-state index in [0.717, 1.165) is 0 Å². The van der Waals surface area contributed by atoms with E-state index >= 15 is 0 Å². The number of rotatable bonds is 5. The lowest BCUT2D eigenvalue weighted by Crippen LogP contribution is -2.24. The molecule has 88 valence electrons. The maximum absolute atomic E-state index is 11.9. The van der Waals surface area contributed by atoms with Crippen LogP contribution in [0.25, 0.3) is 0 Å². The Kier molecular flexibility index (Phi) is 4.52. The van der Waals surface area contributed by atoms with Crippen LogP contribution in [0.3, 0.4) is 0 Å². The number of ether oxygens (including phenoxy) is 1. The molecule has 0 aliphatic rings. The standard InChI is InChI=1S/C10H12BrNO3S/c1-3-6-12-16(13,14)10-7-8(11)4-5-9(10)15-2/h3-5,7,12H,1,6H2,2H3. The van der Waals surface area contributed by atoms with Crippen molar-refractivity contribution in [3.8, 4) is 5.75 Å². The van der Waals surface area contributed by atoms with Crippen molar-refractivity contribution < 1.29 is 13.2 Å². The average molecular weight is 306 g/mol. The smallest absolute Gasteiger partial charge is 0.244 e. The molecule has 0 unspecified atom stereocenters. The molecule has 0 saturated carbocycles. The molecule has 6 heteroatoms. The summed E-state index contributed by atoms with van der Waals surface area (Å²) in [5, 5.41) is 0. The molecule has 0 aliphatic carbocycles. The predicted molar refractivity (Wildman–Crippen MR) is 66.1 cm³/mol. The zero-order valence-corrected chi connectivity index (χ0v) is 11.1. The molecule has 0 aliphatic heterocycles. The van der Waals surface area contributed by atoms with Crippen molar-refractivity contribution in [1.82, 2.24) is 4.72 Å². The maximum Gasteiger partial charge on any atom is 0.244 e. The molecular formula is C10H12BrNO3S. The van der Waals surface area contributed by atoms with Crippen LogP contribution in [0.2, 0.25) is 0 Å². The van der Waals surface area contributed by atoms with Crippen LogP contribution in [-0.2, 0) is 10.0 Å². The van der Waals surface area contributed by atoms with E-state index in [1.54, 1.807) is 12.1 Å². The zero-order chi connectivity index (χ0) is 12.2. The topological polar surface area (TPSA) is 55.4 Å². The van der Waals surface area contributed by atoms with Gasteiger partial charge in [0.15, 0.2) is 0 Å². The van der Waals surface area contributed by atoms with Gasteiger partial charge in [0.05, 0.1) is 7.11 Å². The van der Waals surface area contributed by atoms with Crippen molar-refractivity contribution in [2.24, 2.45) is 0 Å². The van der Waals surface area contributed by atoms with Crippen molar-refractivity contribution in [1.29, 1.82) is 0 Å². The lowest BCUT2D eigenvalue weighted by atomic mass is 10.3. The number of benzene rings is 1. The molecule has 0 radical (unpaired) electrons. The molecule has 0 heterocycles. The Morgan fingerprint density at radius 3 is 2.81 bits per heavy atom. The lowest BCUT2D eigenvalue weighted by Gasteiger charge is -2.09. The fourth-order valence-corrected chi connectivity index (χ4v) is 2.81. The van der Waals surface area contributed by atoms with Gasteiger partial charge in [-0.05, 0) is 18.2 Å². The fourth-order valence-electron chi connectivity index (χ4n) is 1.11. The number of halogens is 1. The summed E-state index contributed by atoms with van der Waals surface area (Å²) in [5.74, 6) is 0.305. The predicted octanol–water partition coefficient (Wildman–Crippen LogP) is 1.92. The van der Waals surface area contributed by atoms with Gasteiger partial charge in [-0.25, -0.2) is 13.1 Å². The number of hydrogen-bond acceptors (Lipinski definition) is 3. The Morgan fingerprint density at radius 1 is 1.56 bits per heavy atom. The third kappa shape index (κ3) is 3.07. The molecule has 0 aromatic heterocycles. The number of nitrogens with one attached hydrogen (secondary N) is 1. The number of methoxy groups -OCH3 is 1.